The minimum atomic E-state index is -0.650. The molecule has 1 saturated heterocycles. The summed E-state index contributed by atoms with van der Waals surface area (Å²) in [5, 5.41) is 12.1. The van der Waals surface area contributed by atoms with Crippen molar-refractivity contribution in [3.05, 3.63) is 28.7 Å². The first kappa shape index (κ1) is 15.0. The summed E-state index contributed by atoms with van der Waals surface area (Å²) < 4.78 is 0.726. The number of aliphatic hydroxyl groups is 1. The molecular formula is C14H17BrN2O3. The van der Waals surface area contributed by atoms with E-state index in [1.165, 1.54) is 4.90 Å². The molecule has 2 N–H and O–H groups in total. The van der Waals surface area contributed by atoms with Crippen molar-refractivity contribution in [3.8, 4) is 0 Å². The highest BCUT2D eigenvalue weighted by atomic mass is 79.9. The van der Waals surface area contributed by atoms with Gasteiger partial charge in [0.1, 0.15) is 0 Å². The van der Waals surface area contributed by atoms with Crippen LogP contribution in [0, 0.1) is 5.92 Å². The second-order valence-corrected chi connectivity index (χ2v) is 5.83. The van der Waals surface area contributed by atoms with Crippen LogP contribution in [0.2, 0.25) is 0 Å². The molecule has 1 heterocycles. The Hall–Kier alpha value is -1.40. The van der Waals surface area contributed by atoms with Crippen LogP contribution < -0.4 is 5.32 Å². The fourth-order valence-electron chi connectivity index (χ4n) is 2.25. The third-order valence-electron chi connectivity index (χ3n) is 3.51. The van der Waals surface area contributed by atoms with Gasteiger partial charge in [0.15, 0.2) is 0 Å². The lowest BCUT2D eigenvalue weighted by Gasteiger charge is -2.17. The lowest BCUT2D eigenvalue weighted by atomic mass is 10.0. The van der Waals surface area contributed by atoms with Crippen LogP contribution in [0.1, 0.15) is 13.3 Å². The number of benzene rings is 1. The van der Waals surface area contributed by atoms with Gasteiger partial charge in [0.2, 0.25) is 0 Å². The fraction of sp³-hybridized carbons (Fsp3) is 0.429. The van der Waals surface area contributed by atoms with Crippen molar-refractivity contribution in [2.75, 3.05) is 18.4 Å². The molecule has 1 aromatic carbocycles. The Balaban J connectivity index is 1.97. The molecule has 1 aliphatic heterocycles. The molecule has 5 nitrogen and oxygen atoms in total. The highest BCUT2D eigenvalue weighted by Crippen LogP contribution is 2.22. The quantitative estimate of drug-likeness (QED) is 0.803. The van der Waals surface area contributed by atoms with Gasteiger partial charge in [0.25, 0.3) is 0 Å². The molecule has 0 aliphatic carbocycles. The average molecular weight is 341 g/mol. The van der Waals surface area contributed by atoms with Gasteiger partial charge in [0, 0.05) is 23.5 Å². The van der Waals surface area contributed by atoms with E-state index in [2.05, 4.69) is 21.2 Å². The molecule has 2 atom stereocenters. The van der Waals surface area contributed by atoms with Gasteiger partial charge >= 0.3 is 11.8 Å². The lowest BCUT2D eigenvalue weighted by Crippen LogP contribution is -2.38. The number of hydrogen-bond acceptors (Lipinski definition) is 3. The van der Waals surface area contributed by atoms with Crippen molar-refractivity contribution in [2.45, 2.75) is 19.4 Å². The summed E-state index contributed by atoms with van der Waals surface area (Å²) in [6.07, 6.45) is 0.269. The Bertz CT molecular complexity index is 519. The third kappa shape index (κ3) is 3.37. The predicted molar refractivity (Wildman–Crippen MR) is 79.1 cm³/mol. The van der Waals surface area contributed by atoms with Gasteiger partial charge in [-0.3, -0.25) is 9.59 Å². The van der Waals surface area contributed by atoms with E-state index in [-0.39, 0.29) is 5.92 Å². The summed E-state index contributed by atoms with van der Waals surface area (Å²) in [7, 11) is 0. The summed E-state index contributed by atoms with van der Waals surface area (Å²) >= 11 is 3.31. The van der Waals surface area contributed by atoms with Gasteiger partial charge in [0.05, 0.1) is 11.8 Å². The normalized spacial score (nSPS) is 19.8. The van der Waals surface area contributed by atoms with E-state index in [1.807, 2.05) is 6.07 Å². The molecule has 20 heavy (non-hydrogen) atoms. The summed E-state index contributed by atoms with van der Waals surface area (Å²) in [4.78, 5) is 25.5. The number of anilines is 1. The highest BCUT2D eigenvalue weighted by molar-refractivity contribution is 9.10. The number of halogens is 1. The molecule has 2 amide bonds. The van der Waals surface area contributed by atoms with Gasteiger partial charge < -0.3 is 15.3 Å². The van der Waals surface area contributed by atoms with Gasteiger partial charge in [-0.05, 0) is 41.4 Å². The molecule has 2 unspecified atom stereocenters. The van der Waals surface area contributed by atoms with Crippen LogP contribution in [0.4, 0.5) is 5.69 Å². The minimum absolute atomic E-state index is 0.0511. The van der Waals surface area contributed by atoms with Crippen molar-refractivity contribution in [3.63, 3.8) is 0 Å². The predicted octanol–water partition coefficient (Wildman–Crippen LogP) is 1.62. The van der Waals surface area contributed by atoms with E-state index in [9.17, 15) is 14.7 Å². The molecule has 1 aliphatic rings. The maximum Gasteiger partial charge on any atom is 0.313 e. The number of para-hydroxylation sites is 1. The molecule has 0 bridgehead atoms. The van der Waals surface area contributed by atoms with Crippen LogP contribution in [0.15, 0.2) is 28.7 Å². The number of likely N-dealkylation sites (tertiary alicyclic amines) is 1. The Morgan fingerprint density at radius 1 is 1.45 bits per heavy atom. The van der Waals surface area contributed by atoms with Crippen molar-refractivity contribution in [2.24, 2.45) is 5.92 Å². The van der Waals surface area contributed by atoms with Gasteiger partial charge in [-0.2, -0.15) is 0 Å². The van der Waals surface area contributed by atoms with E-state index < -0.39 is 17.9 Å². The molecule has 0 spiro atoms. The second-order valence-electron chi connectivity index (χ2n) is 4.97. The van der Waals surface area contributed by atoms with Crippen molar-refractivity contribution < 1.29 is 14.7 Å². The fourth-order valence-corrected chi connectivity index (χ4v) is 2.63. The number of amides is 2. The number of rotatable bonds is 2. The summed E-state index contributed by atoms with van der Waals surface area (Å²) in [5.41, 5.74) is 0.567. The molecule has 0 radical (unpaired) electrons. The standard InChI is InChI=1S/C14H17BrN2O3/c1-9(18)10-6-7-17(8-10)14(20)13(19)16-12-5-3-2-4-11(12)15/h2-5,9-10,18H,6-8H2,1H3,(H,16,19). The maximum absolute atomic E-state index is 12.0. The van der Waals surface area contributed by atoms with Crippen molar-refractivity contribution in [1.29, 1.82) is 0 Å². The second kappa shape index (κ2) is 6.37. The number of carbonyl (C=O) groups is 2. The van der Waals surface area contributed by atoms with Crippen molar-refractivity contribution >= 4 is 33.4 Å². The van der Waals surface area contributed by atoms with Crippen LogP contribution in [-0.2, 0) is 9.59 Å². The summed E-state index contributed by atoms with van der Waals surface area (Å²) in [6, 6.07) is 7.12. The largest absolute Gasteiger partial charge is 0.393 e. The summed E-state index contributed by atoms with van der Waals surface area (Å²) in [6.45, 7) is 2.65. The number of carbonyl (C=O) groups excluding carboxylic acids is 2. The van der Waals surface area contributed by atoms with E-state index in [4.69, 9.17) is 0 Å². The monoisotopic (exact) mass is 340 g/mol. The van der Waals surface area contributed by atoms with Gasteiger partial charge in [-0.15, -0.1) is 0 Å². The molecule has 108 valence electrons. The van der Waals surface area contributed by atoms with Gasteiger partial charge in [-0.25, -0.2) is 0 Å². The number of hydrogen-bond donors (Lipinski definition) is 2. The maximum atomic E-state index is 12.0. The SMILES string of the molecule is CC(O)C1CCN(C(=O)C(=O)Nc2ccccc2Br)C1. The molecule has 1 aromatic rings. The zero-order chi connectivity index (χ0) is 14.7. The molecule has 0 saturated carbocycles. The molecule has 1 fully saturated rings. The van der Waals surface area contributed by atoms with Crippen LogP contribution in [0.3, 0.4) is 0 Å². The smallest absolute Gasteiger partial charge is 0.313 e. The van der Waals surface area contributed by atoms with Crippen LogP contribution in [-0.4, -0.2) is 41.0 Å². The number of nitrogens with zero attached hydrogens (tertiary/aromatic N) is 1. The Kier molecular flexibility index (Phi) is 4.77. The van der Waals surface area contributed by atoms with Gasteiger partial charge in [-0.1, -0.05) is 12.1 Å². The van der Waals surface area contributed by atoms with E-state index in [1.54, 1.807) is 25.1 Å². The molecule has 6 heteroatoms. The Morgan fingerprint density at radius 2 is 2.15 bits per heavy atom. The average Bonchev–Trinajstić information content (AvgIpc) is 2.90. The zero-order valence-electron chi connectivity index (χ0n) is 11.2. The van der Waals surface area contributed by atoms with E-state index >= 15 is 0 Å². The number of nitrogens with one attached hydrogen (secondary N) is 1. The third-order valence-corrected chi connectivity index (χ3v) is 4.20. The number of aliphatic hydroxyl groups excluding tert-OH is 1. The van der Waals surface area contributed by atoms with Crippen LogP contribution >= 0.6 is 15.9 Å². The van der Waals surface area contributed by atoms with E-state index in [0.29, 0.717) is 18.8 Å². The first-order valence-electron chi connectivity index (χ1n) is 6.52. The lowest BCUT2D eigenvalue weighted by molar-refractivity contribution is -0.142. The Morgan fingerprint density at radius 3 is 2.75 bits per heavy atom. The minimum Gasteiger partial charge on any atom is -0.393 e. The molecule has 2 rings (SSSR count). The highest BCUT2D eigenvalue weighted by Gasteiger charge is 2.32. The first-order chi connectivity index (χ1) is 9.49. The topological polar surface area (TPSA) is 69.6 Å². The van der Waals surface area contributed by atoms with Crippen LogP contribution in [0.25, 0.3) is 0 Å². The Labute approximate surface area is 126 Å². The van der Waals surface area contributed by atoms with E-state index in [0.717, 1.165) is 10.9 Å². The molecular weight excluding hydrogens is 324 g/mol. The molecule has 0 aromatic heterocycles. The van der Waals surface area contributed by atoms with Crippen LogP contribution in [0.5, 0.6) is 0 Å². The first-order valence-corrected chi connectivity index (χ1v) is 7.31. The zero-order valence-corrected chi connectivity index (χ0v) is 12.8. The van der Waals surface area contributed by atoms with Crippen molar-refractivity contribution in [1.82, 2.24) is 4.90 Å². The summed E-state index contributed by atoms with van der Waals surface area (Å²) in [5.74, 6) is -1.15.